The van der Waals surface area contributed by atoms with Gasteiger partial charge in [-0.3, -0.25) is 4.79 Å². The van der Waals surface area contributed by atoms with Gasteiger partial charge in [-0.1, -0.05) is 17.8 Å². The largest absolute Gasteiger partial charge is 0.355 e. The number of aryl methyl sites for hydroxylation is 2. The van der Waals surface area contributed by atoms with Gasteiger partial charge in [0.1, 0.15) is 16.2 Å². The van der Waals surface area contributed by atoms with E-state index in [9.17, 15) is 4.79 Å². The van der Waals surface area contributed by atoms with Crippen LogP contribution in [0, 0.1) is 0 Å². The molecular weight excluding hydrogens is 370 g/mol. The lowest BCUT2D eigenvalue weighted by Gasteiger charge is -2.11. The molecule has 0 unspecified atom stereocenters. The van der Waals surface area contributed by atoms with Gasteiger partial charge in [-0.2, -0.15) is 0 Å². The molecule has 3 aromatic rings. The number of thiophene rings is 2. The normalized spacial score (nSPS) is 13.8. The van der Waals surface area contributed by atoms with Crippen LogP contribution in [0.1, 0.15) is 28.2 Å². The summed E-state index contributed by atoms with van der Waals surface area (Å²) in [6.45, 7) is 0.687. The predicted molar refractivity (Wildman–Crippen MR) is 106 cm³/mol. The van der Waals surface area contributed by atoms with Gasteiger partial charge >= 0.3 is 0 Å². The molecule has 1 aliphatic carbocycles. The second-order valence-electron chi connectivity index (χ2n) is 6.04. The number of rotatable bonds is 6. The van der Waals surface area contributed by atoms with E-state index in [4.69, 9.17) is 0 Å². The number of thioether (sulfide) groups is 1. The lowest BCUT2D eigenvalue weighted by Crippen LogP contribution is -2.27. The van der Waals surface area contributed by atoms with E-state index in [1.54, 1.807) is 29.0 Å². The molecule has 0 radical (unpaired) electrons. The SMILES string of the molecule is O=C(CSc1ncnc2sc3c(c12)CCCC3)NCCc1cccs1. The average molecular weight is 390 g/mol. The van der Waals surface area contributed by atoms with Crippen LogP contribution in [0.5, 0.6) is 0 Å². The van der Waals surface area contributed by atoms with E-state index in [1.807, 2.05) is 6.07 Å². The van der Waals surface area contributed by atoms with Crippen LogP contribution in [0.4, 0.5) is 0 Å². The van der Waals surface area contributed by atoms with Gasteiger partial charge < -0.3 is 5.32 Å². The molecular formula is C18H19N3OS3. The minimum Gasteiger partial charge on any atom is -0.355 e. The summed E-state index contributed by atoms with van der Waals surface area (Å²) >= 11 is 5.05. The molecule has 0 saturated carbocycles. The van der Waals surface area contributed by atoms with Gasteiger partial charge in [-0.25, -0.2) is 9.97 Å². The number of carbonyl (C=O) groups excluding carboxylic acids is 1. The zero-order chi connectivity index (χ0) is 17.1. The number of hydrogen-bond acceptors (Lipinski definition) is 6. The second kappa shape index (κ2) is 7.85. The first kappa shape index (κ1) is 17.0. The Morgan fingerprint density at radius 2 is 2.20 bits per heavy atom. The predicted octanol–water partition coefficient (Wildman–Crippen LogP) is 4.08. The third-order valence-electron chi connectivity index (χ3n) is 4.33. The van der Waals surface area contributed by atoms with Gasteiger partial charge in [0.05, 0.1) is 5.75 Å². The fraction of sp³-hybridized carbons (Fsp3) is 0.389. The van der Waals surface area contributed by atoms with Gasteiger partial charge in [-0.05, 0) is 49.1 Å². The summed E-state index contributed by atoms with van der Waals surface area (Å²) in [6, 6.07) is 4.14. The quantitative estimate of drug-likeness (QED) is 0.510. The number of hydrogen-bond donors (Lipinski definition) is 1. The molecule has 25 heavy (non-hydrogen) atoms. The fourth-order valence-electron chi connectivity index (χ4n) is 3.14. The lowest BCUT2D eigenvalue weighted by molar-refractivity contribution is -0.118. The van der Waals surface area contributed by atoms with Crippen molar-refractivity contribution in [2.45, 2.75) is 37.1 Å². The van der Waals surface area contributed by atoms with E-state index in [0.717, 1.165) is 29.1 Å². The molecule has 1 amide bonds. The monoisotopic (exact) mass is 389 g/mol. The van der Waals surface area contributed by atoms with E-state index in [0.29, 0.717) is 12.3 Å². The van der Waals surface area contributed by atoms with Crippen LogP contribution in [0.15, 0.2) is 28.9 Å². The molecule has 1 aliphatic rings. The molecule has 0 aliphatic heterocycles. The Morgan fingerprint density at radius 3 is 3.08 bits per heavy atom. The molecule has 0 spiro atoms. The number of aromatic nitrogens is 2. The lowest BCUT2D eigenvalue weighted by atomic mass is 9.97. The van der Waals surface area contributed by atoms with Crippen molar-refractivity contribution in [2.24, 2.45) is 0 Å². The summed E-state index contributed by atoms with van der Waals surface area (Å²) in [6.07, 6.45) is 7.29. The zero-order valence-corrected chi connectivity index (χ0v) is 16.2. The summed E-state index contributed by atoms with van der Waals surface area (Å²) in [5, 5.41) is 7.22. The molecule has 7 heteroatoms. The Hall–Kier alpha value is -1.44. The Kier molecular flexibility index (Phi) is 5.33. The Morgan fingerprint density at radius 1 is 1.28 bits per heavy atom. The Balaban J connectivity index is 1.39. The maximum Gasteiger partial charge on any atom is 0.230 e. The van der Waals surface area contributed by atoms with Crippen molar-refractivity contribution in [1.29, 1.82) is 0 Å². The molecule has 130 valence electrons. The topological polar surface area (TPSA) is 54.9 Å². The second-order valence-corrected chi connectivity index (χ2v) is 9.12. The molecule has 4 nitrogen and oxygen atoms in total. The van der Waals surface area contributed by atoms with Crippen molar-refractivity contribution in [1.82, 2.24) is 15.3 Å². The van der Waals surface area contributed by atoms with Gasteiger partial charge in [0.25, 0.3) is 0 Å². The highest BCUT2D eigenvalue weighted by molar-refractivity contribution is 8.00. The van der Waals surface area contributed by atoms with E-state index in [-0.39, 0.29) is 5.91 Å². The van der Waals surface area contributed by atoms with E-state index in [2.05, 4.69) is 26.7 Å². The molecule has 3 aromatic heterocycles. The van der Waals surface area contributed by atoms with E-state index < -0.39 is 0 Å². The van der Waals surface area contributed by atoms with Gasteiger partial charge in [0.15, 0.2) is 0 Å². The minimum absolute atomic E-state index is 0.0671. The summed E-state index contributed by atoms with van der Waals surface area (Å²) in [7, 11) is 0. The highest BCUT2D eigenvalue weighted by Crippen LogP contribution is 2.39. The van der Waals surface area contributed by atoms with Crippen LogP contribution in [-0.4, -0.2) is 28.2 Å². The van der Waals surface area contributed by atoms with E-state index >= 15 is 0 Å². The zero-order valence-electron chi connectivity index (χ0n) is 13.8. The molecule has 3 heterocycles. The number of fused-ring (bicyclic) bond motifs is 3. The highest BCUT2D eigenvalue weighted by atomic mass is 32.2. The first-order valence-corrected chi connectivity index (χ1v) is 11.2. The Bertz CT molecular complexity index is 873. The van der Waals surface area contributed by atoms with Crippen molar-refractivity contribution in [3.8, 4) is 0 Å². The molecule has 0 saturated heterocycles. The van der Waals surface area contributed by atoms with E-state index in [1.165, 1.54) is 45.3 Å². The van der Waals surface area contributed by atoms with Crippen LogP contribution in [0.2, 0.25) is 0 Å². The number of nitrogens with zero attached hydrogens (tertiary/aromatic N) is 2. The minimum atomic E-state index is 0.0671. The van der Waals surface area contributed by atoms with Gasteiger partial charge in [0, 0.05) is 21.7 Å². The van der Waals surface area contributed by atoms with Crippen LogP contribution >= 0.6 is 34.4 Å². The van der Waals surface area contributed by atoms with Crippen molar-refractivity contribution in [3.63, 3.8) is 0 Å². The molecule has 0 fully saturated rings. The summed E-state index contributed by atoms with van der Waals surface area (Å²) in [5.74, 6) is 0.471. The first-order chi connectivity index (χ1) is 12.3. The molecule has 4 rings (SSSR count). The number of nitrogens with one attached hydrogen (secondary N) is 1. The third-order valence-corrected chi connectivity index (χ3v) is 7.46. The van der Waals surface area contributed by atoms with Crippen molar-refractivity contribution < 1.29 is 4.79 Å². The average Bonchev–Trinajstić information content (AvgIpc) is 3.27. The maximum atomic E-state index is 12.1. The summed E-state index contributed by atoms with van der Waals surface area (Å²) in [4.78, 5) is 24.9. The molecule has 0 bridgehead atoms. The van der Waals surface area contributed by atoms with Gasteiger partial charge in [-0.15, -0.1) is 22.7 Å². The Labute approximate surface area is 159 Å². The smallest absolute Gasteiger partial charge is 0.230 e. The van der Waals surface area contributed by atoms with Gasteiger partial charge in [0.2, 0.25) is 5.91 Å². The molecule has 0 aromatic carbocycles. The first-order valence-electron chi connectivity index (χ1n) is 8.48. The van der Waals surface area contributed by atoms with Crippen molar-refractivity contribution in [3.05, 3.63) is 39.2 Å². The number of amides is 1. The van der Waals surface area contributed by atoms with Crippen LogP contribution < -0.4 is 5.32 Å². The maximum absolute atomic E-state index is 12.1. The van der Waals surface area contributed by atoms with Crippen molar-refractivity contribution in [2.75, 3.05) is 12.3 Å². The van der Waals surface area contributed by atoms with Crippen LogP contribution in [0.3, 0.4) is 0 Å². The standard InChI is InChI=1S/C18H19N3OS3/c22-15(19-8-7-12-4-3-9-23-12)10-24-17-16-13-5-1-2-6-14(13)25-18(16)21-11-20-17/h3-4,9,11H,1-2,5-8,10H2,(H,19,22). The van der Waals surface area contributed by atoms with Crippen molar-refractivity contribution >= 4 is 50.6 Å². The highest BCUT2D eigenvalue weighted by Gasteiger charge is 2.20. The molecule has 1 N–H and O–H groups in total. The van der Waals surface area contributed by atoms with Crippen LogP contribution in [-0.2, 0) is 24.1 Å². The number of carbonyl (C=O) groups is 1. The summed E-state index contributed by atoms with van der Waals surface area (Å²) < 4.78 is 0. The third kappa shape index (κ3) is 3.88. The molecule has 0 atom stereocenters. The fourth-order valence-corrected chi connectivity index (χ4v) is 5.99. The van der Waals surface area contributed by atoms with Crippen LogP contribution in [0.25, 0.3) is 10.2 Å². The summed E-state index contributed by atoms with van der Waals surface area (Å²) in [5.41, 5.74) is 1.42.